The normalized spacial score (nSPS) is 13.5. The summed E-state index contributed by atoms with van der Waals surface area (Å²) in [4.78, 5) is 15.1. The van der Waals surface area contributed by atoms with Gasteiger partial charge in [-0.2, -0.15) is 0 Å². The van der Waals surface area contributed by atoms with Gasteiger partial charge < -0.3 is 0 Å². The molecule has 0 fully saturated rings. The Morgan fingerprint density at radius 1 is 0.969 bits per heavy atom. The number of carbonyl (C=O) groups excluding carboxylic acids is 1. The molecule has 5 rings (SSSR count). The molecule has 0 bridgehead atoms. The molecule has 0 aliphatic carbocycles. The van der Waals surface area contributed by atoms with Gasteiger partial charge in [0.1, 0.15) is 5.01 Å². The summed E-state index contributed by atoms with van der Waals surface area (Å²) in [6.45, 7) is 2.88. The quantitative estimate of drug-likeness (QED) is 0.417. The van der Waals surface area contributed by atoms with Crippen molar-refractivity contribution >= 4 is 34.0 Å². The van der Waals surface area contributed by atoms with Gasteiger partial charge in [0.05, 0.1) is 0 Å². The van der Waals surface area contributed by atoms with E-state index in [0.29, 0.717) is 15.7 Å². The smallest absolute Gasteiger partial charge is 0.257 e. The molecular formula is C25H21ClN4OS. The third-order valence-corrected chi connectivity index (χ3v) is 6.71. The Labute approximate surface area is 195 Å². The second-order valence-electron chi connectivity index (χ2n) is 7.80. The Morgan fingerprint density at radius 2 is 1.72 bits per heavy atom. The molecule has 1 aliphatic heterocycles. The zero-order valence-electron chi connectivity index (χ0n) is 17.3. The summed E-state index contributed by atoms with van der Waals surface area (Å²) in [5, 5.41) is 13.0. The highest BCUT2D eigenvalue weighted by Crippen LogP contribution is 2.27. The molecule has 0 saturated carbocycles. The van der Waals surface area contributed by atoms with E-state index in [4.69, 9.17) is 11.6 Å². The Kier molecular flexibility index (Phi) is 5.99. The van der Waals surface area contributed by atoms with Gasteiger partial charge in [-0.05, 0) is 47.4 Å². The number of anilines is 1. The first kappa shape index (κ1) is 20.8. The maximum Gasteiger partial charge on any atom is 0.257 e. The number of rotatable bonds is 5. The minimum atomic E-state index is -0.192. The fourth-order valence-electron chi connectivity index (χ4n) is 3.86. The molecule has 0 saturated heterocycles. The molecule has 4 aromatic rings. The van der Waals surface area contributed by atoms with E-state index >= 15 is 0 Å². The predicted octanol–water partition coefficient (Wildman–Crippen LogP) is 5.67. The summed E-state index contributed by atoms with van der Waals surface area (Å²) in [6.07, 6.45) is 1.08. The third kappa shape index (κ3) is 4.72. The molecule has 1 aliphatic rings. The maximum atomic E-state index is 12.6. The van der Waals surface area contributed by atoms with Gasteiger partial charge in [0.2, 0.25) is 5.13 Å². The number of benzene rings is 3. The van der Waals surface area contributed by atoms with Crippen molar-refractivity contribution in [3.63, 3.8) is 0 Å². The summed E-state index contributed by atoms with van der Waals surface area (Å²) < 4.78 is 0. The van der Waals surface area contributed by atoms with Gasteiger partial charge in [-0.25, -0.2) is 0 Å². The highest BCUT2D eigenvalue weighted by Gasteiger charge is 2.16. The first-order valence-corrected chi connectivity index (χ1v) is 11.6. The number of fused-ring (bicyclic) bond motifs is 1. The first-order valence-electron chi connectivity index (χ1n) is 10.4. The maximum absolute atomic E-state index is 12.6. The SMILES string of the molecule is O=C(Nc1nnc(-c2ccc(Cl)cc2)s1)c1ccc(CN2CCc3ccccc3C2)cc1. The highest BCUT2D eigenvalue weighted by atomic mass is 35.5. The van der Waals surface area contributed by atoms with Crippen LogP contribution in [0.2, 0.25) is 5.02 Å². The lowest BCUT2D eigenvalue weighted by Crippen LogP contribution is -2.29. The summed E-state index contributed by atoms with van der Waals surface area (Å²) in [5.41, 5.74) is 5.57. The number of nitrogens with zero attached hydrogens (tertiary/aromatic N) is 3. The predicted molar refractivity (Wildman–Crippen MR) is 129 cm³/mol. The number of carbonyl (C=O) groups is 1. The lowest BCUT2D eigenvalue weighted by molar-refractivity contribution is 0.102. The van der Waals surface area contributed by atoms with Crippen LogP contribution in [0, 0.1) is 0 Å². The molecule has 5 nitrogen and oxygen atoms in total. The van der Waals surface area contributed by atoms with Crippen LogP contribution in [0.1, 0.15) is 27.0 Å². The van der Waals surface area contributed by atoms with Gasteiger partial charge >= 0.3 is 0 Å². The summed E-state index contributed by atoms with van der Waals surface area (Å²) >= 11 is 7.27. The van der Waals surface area contributed by atoms with E-state index in [2.05, 4.69) is 44.7 Å². The number of nitrogens with one attached hydrogen (secondary N) is 1. The number of aromatic nitrogens is 2. The van der Waals surface area contributed by atoms with E-state index in [1.165, 1.54) is 28.0 Å². The van der Waals surface area contributed by atoms with Crippen molar-refractivity contribution in [2.45, 2.75) is 19.5 Å². The van der Waals surface area contributed by atoms with Crippen molar-refractivity contribution in [2.75, 3.05) is 11.9 Å². The van der Waals surface area contributed by atoms with E-state index in [9.17, 15) is 4.79 Å². The number of halogens is 1. The lowest BCUT2D eigenvalue weighted by Gasteiger charge is -2.28. The molecule has 2 heterocycles. The van der Waals surface area contributed by atoms with Crippen LogP contribution in [-0.4, -0.2) is 27.5 Å². The van der Waals surface area contributed by atoms with Crippen molar-refractivity contribution in [3.05, 3.63) is 100 Å². The fraction of sp³-hybridized carbons (Fsp3) is 0.160. The Bertz CT molecular complexity index is 1240. The molecule has 160 valence electrons. The molecule has 0 atom stereocenters. The van der Waals surface area contributed by atoms with Crippen molar-refractivity contribution < 1.29 is 4.79 Å². The molecular weight excluding hydrogens is 440 g/mol. The van der Waals surface area contributed by atoms with Gasteiger partial charge in [-0.15, -0.1) is 10.2 Å². The highest BCUT2D eigenvalue weighted by molar-refractivity contribution is 7.18. The van der Waals surface area contributed by atoms with Crippen molar-refractivity contribution in [1.29, 1.82) is 0 Å². The van der Waals surface area contributed by atoms with E-state index < -0.39 is 0 Å². The minimum absolute atomic E-state index is 0.192. The summed E-state index contributed by atoms with van der Waals surface area (Å²) in [6, 6.07) is 23.8. The monoisotopic (exact) mass is 460 g/mol. The van der Waals surface area contributed by atoms with Crippen LogP contribution in [-0.2, 0) is 19.5 Å². The van der Waals surface area contributed by atoms with E-state index in [1.807, 2.05) is 36.4 Å². The van der Waals surface area contributed by atoms with Gasteiger partial charge in [0.15, 0.2) is 0 Å². The number of hydrogen-bond donors (Lipinski definition) is 1. The van der Waals surface area contributed by atoms with Crippen LogP contribution in [0.4, 0.5) is 5.13 Å². The Balaban J connectivity index is 1.20. The standard InChI is InChI=1S/C25H21ClN4OS/c26-22-11-9-20(10-12-22)24-28-29-25(32-24)27-23(31)19-7-5-17(6-8-19)15-30-14-13-18-3-1-2-4-21(18)16-30/h1-12H,13-16H2,(H,27,29,31). The van der Waals surface area contributed by atoms with Gasteiger partial charge in [-0.3, -0.25) is 15.0 Å². The van der Waals surface area contributed by atoms with Crippen molar-refractivity contribution in [1.82, 2.24) is 15.1 Å². The van der Waals surface area contributed by atoms with Gasteiger partial charge in [-0.1, -0.05) is 71.5 Å². The van der Waals surface area contributed by atoms with Crippen LogP contribution >= 0.6 is 22.9 Å². The molecule has 0 unspecified atom stereocenters. The zero-order valence-corrected chi connectivity index (χ0v) is 18.9. The van der Waals surface area contributed by atoms with Crippen LogP contribution in [0.5, 0.6) is 0 Å². The molecule has 1 aromatic heterocycles. The molecule has 0 radical (unpaired) electrons. The average molecular weight is 461 g/mol. The zero-order chi connectivity index (χ0) is 21.9. The van der Waals surface area contributed by atoms with E-state index in [-0.39, 0.29) is 5.91 Å². The molecule has 32 heavy (non-hydrogen) atoms. The van der Waals surface area contributed by atoms with E-state index in [0.717, 1.165) is 36.6 Å². The van der Waals surface area contributed by atoms with Crippen molar-refractivity contribution in [2.24, 2.45) is 0 Å². The molecule has 3 aromatic carbocycles. The molecule has 1 amide bonds. The largest absolute Gasteiger partial charge is 0.296 e. The van der Waals surface area contributed by atoms with Gasteiger partial charge in [0.25, 0.3) is 5.91 Å². The second-order valence-corrected chi connectivity index (χ2v) is 9.21. The van der Waals surface area contributed by atoms with Crippen LogP contribution < -0.4 is 5.32 Å². The fourth-order valence-corrected chi connectivity index (χ4v) is 4.73. The van der Waals surface area contributed by atoms with Crippen LogP contribution in [0.25, 0.3) is 10.6 Å². The topological polar surface area (TPSA) is 58.1 Å². The average Bonchev–Trinajstić information content (AvgIpc) is 3.28. The third-order valence-electron chi connectivity index (χ3n) is 5.57. The van der Waals surface area contributed by atoms with Gasteiger partial charge in [0, 0.05) is 35.8 Å². The van der Waals surface area contributed by atoms with E-state index in [1.54, 1.807) is 12.1 Å². The second kappa shape index (κ2) is 9.20. The minimum Gasteiger partial charge on any atom is -0.296 e. The lowest BCUT2D eigenvalue weighted by atomic mass is 9.99. The number of hydrogen-bond acceptors (Lipinski definition) is 5. The molecule has 7 heteroatoms. The molecule has 0 spiro atoms. The van der Waals surface area contributed by atoms with Crippen LogP contribution in [0.3, 0.4) is 0 Å². The summed E-state index contributed by atoms with van der Waals surface area (Å²) in [7, 11) is 0. The van der Waals surface area contributed by atoms with Crippen molar-refractivity contribution in [3.8, 4) is 10.6 Å². The Morgan fingerprint density at radius 3 is 2.50 bits per heavy atom. The number of amides is 1. The first-order chi connectivity index (χ1) is 15.6. The Hall–Kier alpha value is -3.06. The molecule has 1 N–H and O–H groups in total. The summed E-state index contributed by atoms with van der Waals surface area (Å²) in [5.74, 6) is -0.192. The van der Waals surface area contributed by atoms with Crippen LogP contribution in [0.15, 0.2) is 72.8 Å².